The zero-order valence-corrected chi connectivity index (χ0v) is 17.2. The van der Waals surface area contributed by atoms with Crippen molar-refractivity contribution in [2.24, 2.45) is 5.92 Å². The highest BCUT2D eigenvalue weighted by Gasteiger charge is 2.51. The molecule has 2 aliphatic rings. The van der Waals surface area contributed by atoms with Crippen molar-refractivity contribution in [2.45, 2.75) is 52.0 Å². The van der Waals surface area contributed by atoms with Crippen LogP contribution in [0.2, 0.25) is 0 Å². The van der Waals surface area contributed by atoms with Crippen molar-refractivity contribution >= 4 is 11.3 Å². The maximum Gasteiger partial charge on any atom is 0.0506 e. The van der Waals surface area contributed by atoms with Crippen molar-refractivity contribution in [3.8, 4) is 0 Å². The second-order valence-corrected chi connectivity index (χ2v) is 8.45. The normalized spacial score (nSPS) is 21.3. The number of aromatic nitrogens is 1. The summed E-state index contributed by atoms with van der Waals surface area (Å²) in [5, 5.41) is 2.11. The second-order valence-electron chi connectivity index (χ2n) is 7.41. The summed E-state index contributed by atoms with van der Waals surface area (Å²) in [6.45, 7) is 10.5. The van der Waals surface area contributed by atoms with E-state index in [1.54, 1.807) is 0 Å². The lowest BCUT2D eigenvalue weighted by Crippen LogP contribution is -2.34. The summed E-state index contributed by atoms with van der Waals surface area (Å²) in [4.78, 5) is 8.62. The fourth-order valence-corrected chi connectivity index (χ4v) is 4.46. The number of nitrogens with zero attached hydrogens (tertiary/aromatic N) is 2. The molecule has 0 amide bonds. The number of hydrogen-bond donors (Lipinski definition) is 0. The summed E-state index contributed by atoms with van der Waals surface area (Å²) in [5.74, 6) is 0.718. The Bertz CT molecular complexity index is 649. The predicted molar refractivity (Wildman–Crippen MR) is 110 cm³/mol. The molecule has 1 aliphatic carbocycles. The summed E-state index contributed by atoms with van der Waals surface area (Å²) >= 11 is 1.82. The molecule has 142 valence electrons. The molecule has 0 radical (unpaired) electrons. The average molecular weight is 373 g/mol. The largest absolute Gasteiger partial charge is 0.381 e. The molecule has 3 nitrogen and oxygen atoms in total. The molecule has 2 fully saturated rings. The van der Waals surface area contributed by atoms with Gasteiger partial charge in [0.15, 0.2) is 0 Å². The summed E-state index contributed by atoms with van der Waals surface area (Å²) in [5.41, 5.74) is 2.83. The molecular formula is C22H32N2OS. The van der Waals surface area contributed by atoms with Gasteiger partial charge in [0.2, 0.25) is 0 Å². The van der Waals surface area contributed by atoms with Gasteiger partial charge >= 0.3 is 0 Å². The number of rotatable bonds is 6. The third-order valence-electron chi connectivity index (χ3n) is 5.55. The Kier molecular flexibility index (Phi) is 6.85. The van der Waals surface area contributed by atoms with Gasteiger partial charge in [-0.15, -0.1) is 11.3 Å². The van der Waals surface area contributed by atoms with Gasteiger partial charge in [-0.1, -0.05) is 19.1 Å². The quantitative estimate of drug-likeness (QED) is 0.710. The summed E-state index contributed by atoms with van der Waals surface area (Å²) < 4.78 is 5.58. The molecule has 2 aromatic rings. The van der Waals surface area contributed by atoms with Crippen LogP contribution in [-0.4, -0.2) is 36.2 Å². The first-order valence-corrected chi connectivity index (χ1v) is 10.8. The van der Waals surface area contributed by atoms with E-state index in [4.69, 9.17) is 4.74 Å². The van der Waals surface area contributed by atoms with Crippen LogP contribution >= 0.6 is 11.3 Å². The van der Waals surface area contributed by atoms with Gasteiger partial charge in [-0.05, 0) is 75.1 Å². The average Bonchev–Trinajstić information content (AvgIpc) is 3.10. The SMILES string of the molecule is CCOCC1CCN(C2(c3ccc(C)nc3)CC2)C1.CCc1cccs1. The fraction of sp³-hybridized carbons (Fsp3) is 0.591. The second kappa shape index (κ2) is 9.12. The van der Waals surface area contributed by atoms with E-state index in [0.717, 1.165) is 24.8 Å². The molecule has 1 atom stereocenters. The molecule has 1 aliphatic heterocycles. The Morgan fingerprint density at radius 2 is 2.12 bits per heavy atom. The molecule has 2 aromatic heterocycles. The molecule has 0 spiro atoms. The van der Waals surface area contributed by atoms with E-state index in [0.29, 0.717) is 5.54 Å². The number of pyridine rings is 1. The van der Waals surface area contributed by atoms with Gasteiger partial charge in [-0.25, -0.2) is 0 Å². The van der Waals surface area contributed by atoms with Crippen molar-refractivity contribution in [1.29, 1.82) is 0 Å². The van der Waals surface area contributed by atoms with Crippen molar-refractivity contribution in [2.75, 3.05) is 26.3 Å². The lowest BCUT2D eigenvalue weighted by atomic mass is 10.1. The molecule has 1 saturated heterocycles. The maximum absolute atomic E-state index is 5.58. The van der Waals surface area contributed by atoms with Crippen LogP contribution < -0.4 is 0 Å². The summed E-state index contributed by atoms with van der Waals surface area (Å²) in [6, 6.07) is 8.66. The monoisotopic (exact) mass is 372 g/mol. The summed E-state index contributed by atoms with van der Waals surface area (Å²) in [6.07, 6.45) is 7.12. The molecule has 1 unspecified atom stereocenters. The molecule has 0 aromatic carbocycles. The van der Waals surface area contributed by atoms with Crippen LogP contribution in [0.4, 0.5) is 0 Å². The standard InChI is InChI=1S/C16H24N2O.C6H8S/c1-3-19-12-14-6-9-18(11-14)16(7-8-16)15-5-4-13(2)17-10-15;1-2-6-4-3-5-7-6/h4-5,10,14H,3,6-9,11-12H2,1-2H3;3-5H,2H2,1H3. The van der Waals surface area contributed by atoms with E-state index in [2.05, 4.69) is 66.5 Å². The highest BCUT2D eigenvalue weighted by atomic mass is 32.1. The highest BCUT2D eigenvalue weighted by Crippen LogP contribution is 2.52. The van der Waals surface area contributed by atoms with Crippen LogP contribution in [0.25, 0.3) is 0 Å². The van der Waals surface area contributed by atoms with Gasteiger partial charge in [-0.2, -0.15) is 0 Å². The first-order chi connectivity index (χ1) is 12.7. The van der Waals surface area contributed by atoms with Crippen molar-refractivity contribution < 1.29 is 4.74 Å². The Balaban J connectivity index is 0.000000236. The number of thiophene rings is 1. The number of ether oxygens (including phenoxy) is 1. The first-order valence-electron chi connectivity index (χ1n) is 9.96. The minimum atomic E-state index is 0.307. The van der Waals surface area contributed by atoms with Crippen molar-refractivity contribution in [3.05, 3.63) is 52.0 Å². The Morgan fingerprint density at radius 1 is 1.27 bits per heavy atom. The lowest BCUT2D eigenvalue weighted by Gasteiger charge is -2.28. The molecule has 3 heterocycles. The smallest absolute Gasteiger partial charge is 0.0506 e. The van der Waals surface area contributed by atoms with Crippen LogP contribution in [0.15, 0.2) is 35.8 Å². The van der Waals surface area contributed by atoms with Gasteiger partial charge in [-0.3, -0.25) is 9.88 Å². The Labute approximate surface area is 162 Å². The Hall–Kier alpha value is -1.23. The first kappa shape index (κ1) is 19.5. The van der Waals surface area contributed by atoms with Gasteiger partial charge in [0.25, 0.3) is 0 Å². The Morgan fingerprint density at radius 3 is 2.65 bits per heavy atom. The topological polar surface area (TPSA) is 25.4 Å². The van der Waals surface area contributed by atoms with Crippen LogP contribution in [0.5, 0.6) is 0 Å². The van der Waals surface area contributed by atoms with Crippen LogP contribution in [0, 0.1) is 12.8 Å². The molecule has 4 rings (SSSR count). The van der Waals surface area contributed by atoms with E-state index in [1.807, 2.05) is 11.3 Å². The van der Waals surface area contributed by atoms with E-state index in [9.17, 15) is 0 Å². The third kappa shape index (κ3) is 4.73. The van der Waals surface area contributed by atoms with Crippen LogP contribution in [-0.2, 0) is 16.7 Å². The number of hydrogen-bond acceptors (Lipinski definition) is 4. The third-order valence-corrected chi connectivity index (χ3v) is 6.57. The highest BCUT2D eigenvalue weighted by molar-refractivity contribution is 7.09. The van der Waals surface area contributed by atoms with Crippen LogP contribution in [0.3, 0.4) is 0 Å². The van der Waals surface area contributed by atoms with Gasteiger partial charge in [0, 0.05) is 35.5 Å². The zero-order chi connectivity index (χ0) is 18.4. The lowest BCUT2D eigenvalue weighted by molar-refractivity contribution is 0.107. The van der Waals surface area contributed by atoms with Gasteiger partial charge in [0.05, 0.1) is 6.61 Å². The predicted octanol–water partition coefficient (Wildman–Crippen LogP) is 5.05. The minimum absolute atomic E-state index is 0.307. The van der Waals surface area contributed by atoms with E-state index in [-0.39, 0.29) is 0 Å². The molecule has 26 heavy (non-hydrogen) atoms. The number of aryl methyl sites for hydroxylation is 2. The molecule has 0 bridgehead atoms. The van der Waals surface area contributed by atoms with Gasteiger partial charge in [0.1, 0.15) is 0 Å². The van der Waals surface area contributed by atoms with Crippen molar-refractivity contribution in [1.82, 2.24) is 9.88 Å². The summed E-state index contributed by atoms with van der Waals surface area (Å²) in [7, 11) is 0. The zero-order valence-electron chi connectivity index (χ0n) is 16.4. The fourth-order valence-electron chi connectivity index (χ4n) is 3.80. The molecule has 4 heteroatoms. The van der Waals surface area contributed by atoms with Crippen molar-refractivity contribution in [3.63, 3.8) is 0 Å². The molecular weight excluding hydrogens is 340 g/mol. The maximum atomic E-state index is 5.58. The molecule has 0 N–H and O–H groups in total. The van der Waals surface area contributed by atoms with E-state index >= 15 is 0 Å². The number of likely N-dealkylation sites (tertiary alicyclic amines) is 1. The molecule has 1 saturated carbocycles. The van der Waals surface area contributed by atoms with Gasteiger partial charge < -0.3 is 4.74 Å². The van der Waals surface area contributed by atoms with Crippen LogP contribution in [0.1, 0.15) is 49.2 Å². The van der Waals surface area contributed by atoms with E-state index < -0.39 is 0 Å². The minimum Gasteiger partial charge on any atom is -0.381 e. The van der Waals surface area contributed by atoms with E-state index in [1.165, 1.54) is 49.2 Å².